The molecule has 0 aliphatic carbocycles. The van der Waals surface area contributed by atoms with Crippen molar-refractivity contribution in [1.29, 1.82) is 0 Å². The molecule has 4 heteroatoms. The van der Waals surface area contributed by atoms with E-state index in [9.17, 15) is 4.79 Å². The Morgan fingerprint density at radius 1 is 1.31 bits per heavy atom. The minimum Gasteiger partial charge on any atom is -0.396 e. The van der Waals surface area contributed by atoms with Crippen LogP contribution in [0.5, 0.6) is 0 Å². The lowest BCUT2D eigenvalue weighted by Gasteiger charge is -2.26. The van der Waals surface area contributed by atoms with E-state index in [2.05, 4.69) is 5.32 Å². The van der Waals surface area contributed by atoms with Crippen LogP contribution in [0, 0.1) is 0 Å². The van der Waals surface area contributed by atoms with Gasteiger partial charge in [0.1, 0.15) is 0 Å². The third-order valence-corrected chi connectivity index (χ3v) is 2.25. The molecule has 4 nitrogen and oxygen atoms in total. The summed E-state index contributed by atoms with van der Waals surface area (Å²) in [5.74, 6) is 0. The molecule has 0 unspecified atom stereocenters. The summed E-state index contributed by atoms with van der Waals surface area (Å²) in [5, 5.41) is 11.3. The minimum atomic E-state index is 0.0214. The zero-order chi connectivity index (χ0) is 9.52. The fourth-order valence-electron chi connectivity index (χ4n) is 1.48. The number of aliphatic hydroxyl groups excluding tert-OH is 1. The molecule has 0 bridgehead atoms. The molecule has 2 amide bonds. The molecule has 0 aromatic carbocycles. The Kier molecular flexibility index (Phi) is 4.60. The molecule has 76 valence electrons. The number of aliphatic hydroxyl groups is 1. The molecule has 0 aromatic heterocycles. The number of hydrogen-bond acceptors (Lipinski definition) is 2. The van der Waals surface area contributed by atoms with E-state index >= 15 is 0 Å². The summed E-state index contributed by atoms with van der Waals surface area (Å²) in [4.78, 5) is 13.3. The summed E-state index contributed by atoms with van der Waals surface area (Å²) in [6.07, 6.45) is 4.11. The van der Waals surface area contributed by atoms with Crippen LogP contribution in [0.2, 0.25) is 0 Å². The lowest BCUT2D eigenvalue weighted by molar-refractivity contribution is 0.185. The highest BCUT2D eigenvalue weighted by atomic mass is 16.3. The van der Waals surface area contributed by atoms with E-state index in [1.54, 1.807) is 0 Å². The number of hydrogen-bond donors (Lipinski definition) is 2. The van der Waals surface area contributed by atoms with Gasteiger partial charge in [-0.25, -0.2) is 4.79 Å². The first-order chi connectivity index (χ1) is 6.34. The number of likely N-dealkylation sites (tertiary alicyclic amines) is 1. The second-order valence-electron chi connectivity index (χ2n) is 3.36. The van der Waals surface area contributed by atoms with Gasteiger partial charge in [0.15, 0.2) is 0 Å². The number of nitrogens with one attached hydrogen (secondary N) is 1. The van der Waals surface area contributed by atoms with Gasteiger partial charge >= 0.3 is 6.03 Å². The van der Waals surface area contributed by atoms with E-state index < -0.39 is 0 Å². The van der Waals surface area contributed by atoms with E-state index in [1.165, 1.54) is 6.42 Å². The van der Waals surface area contributed by atoms with Gasteiger partial charge in [-0.15, -0.1) is 0 Å². The number of carbonyl (C=O) groups is 1. The largest absolute Gasteiger partial charge is 0.396 e. The lowest BCUT2D eigenvalue weighted by atomic mass is 10.1. The van der Waals surface area contributed by atoms with Gasteiger partial charge in [-0.3, -0.25) is 0 Å². The molecule has 1 saturated heterocycles. The van der Waals surface area contributed by atoms with Crippen molar-refractivity contribution < 1.29 is 9.90 Å². The molecule has 0 radical (unpaired) electrons. The highest BCUT2D eigenvalue weighted by Crippen LogP contribution is 2.07. The van der Waals surface area contributed by atoms with E-state index in [4.69, 9.17) is 5.11 Å². The number of amides is 2. The standard InChI is InChI=1S/C9H18N2O2/c12-8-4-5-10-9(13)11-6-2-1-3-7-11/h12H,1-8H2,(H,10,13). The third-order valence-electron chi connectivity index (χ3n) is 2.25. The van der Waals surface area contributed by atoms with Crippen LogP contribution in [-0.2, 0) is 0 Å². The quantitative estimate of drug-likeness (QED) is 0.633. The topological polar surface area (TPSA) is 52.6 Å². The SMILES string of the molecule is O=C(NCCCO)N1CCCCC1. The molecule has 2 N–H and O–H groups in total. The number of piperidine rings is 1. The van der Waals surface area contributed by atoms with Crippen LogP contribution >= 0.6 is 0 Å². The number of carbonyl (C=O) groups excluding carboxylic acids is 1. The van der Waals surface area contributed by atoms with Crippen molar-refractivity contribution in [3.05, 3.63) is 0 Å². The van der Waals surface area contributed by atoms with Crippen molar-refractivity contribution in [3.8, 4) is 0 Å². The Balaban J connectivity index is 2.13. The number of rotatable bonds is 3. The fraction of sp³-hybridized carbons (Fsp3) is 0.889. The summed E-state index contributed by atoms with van der Waals surface area (Å²) < 4.78 is 0. The zero-order valence-electron chi connectivity index (χ0n) is 7.96. The second kappa shape index (κ2) is 5.80. The first-order valence-electron chi connectivity index (χ1n) is 4.98. The summed E-state index contributed by atoms with van der Waals surface area (Å²) in [6.45, 7) is 2.47. The lowest BCUT2D eigenvalue weighted by Crippen LogP contribution is -2.43. The Bertz CT molecular complexity index is 156. The van der Waals surface area contributed by atoms with E-state index in [0.29, 0.717) is 13.0 Å². The van der Waals surface area contributed by atoms with Crippen molar-refractivity contribution >= 4 is 6.03 Å². The van der Waals surface area contributed by atoms with Gasteiger partial charge in [-0.2, -0.15) is 0 Å². The van der Waals surface area contributed by atoms with Crippen LogP contribution in [-0.4, -0.2) is 42.3 Å². The van der Waals surface area contributed by atoms with Gasteiger partial charge < -0.3 is 15.3 Å². The van der Waals surface area contributed by atoms with E-state index in [0.717, 1.165) is 25.9 Å². The smallest absolute Gasteiger partial charge is 0.317 e. The normalized spacial score (nSPS) is 17.2. The van der Waals surface area contributed by atoms with Gasteiger partial charge in [0.25, 0.3) is 0 Å². The van der Waals surface area contributed by atoms with Crippen LogP contribution in [0.3, 0.4) is 0 Å². The Morgan fingerprint density at radius 3 is 2.62 bits per heavy atom. The van der Waals surface area contributed by atoms with Crippen LogP contribution in [0.25, 0.3) is 0 Å². The Morgan fingerprint density at radius 2 is 2.00 bits per heavy atom. The maximum Gasteiger partial charge on any atom is 0.317 e. The maximum atomic E-state index is 11.4. The minimum absolute atomic E-state index is 0.0214. The van der Waals surface area contributed by atoms with E-state index in [-0.39, 0.29) is 12.6 Å². The van der Waals surface area contributed by atoms with Gasteiger partial charge in [0.05, 0.1) is 0 Å². The summed E-state index contributed by atoms with van der Waals surface area (Å²) >= 11 is 0. The van der Waals surface area contributed by atoms with Crippen molar-refractivity contribution in [2.24, 2.45) is 0 Å². The molecule has 1 rings (SSSR count). The average Bonchev–Trinajstić information content (AvgIpc) is 2.19. The number of urea groups is 1. The fourth-order valence-corrected chi connectivity index (χ4v) is 1.48. The maximum absolute atomic E-state index is 11.4. The van der Waals surface area contributed by atoms with Crippen LogP contribution in [0.4, 0.5) is 4.79 Å². The van der Waals surface area contributed by atoms with Crippen LogP contribution < -0.4 is 5.32 Å². The van der Waals surface area contributed by atoms with Gasteiger partial charge in [-0.05, 0) is 25.7 Å². The molecule has 1 heterocycles. The molecule has 0 spiro atoms. The molecule has 1 fully saturated rings. The first-order valence-corrected chi connectivity index (χ1v) is 4.98. The Hall–Kier alpha value is -0.770. The van der Waals surface area contributed by atoms with Crippen molar-refractivity contribution in [3.63, 3.8) is 0 Å². The van der Waals surface area contributed by atoms with Crippen molar-refractivity contribution in [2.75, 3.05) is 26.2 Å². The first kappa shape index (κ1) is 10.3. The molecule has 0 saturated carbocycles. The molecular formula is C9H18N2O2. The molecule has 1 aliphatic rings. The van der Waals surface area contributed by atoms with Crippen molar-refractivity contribution in [1.82, 2.24) is 10.2 Å². The third kappa shape index (κ3) is 3.63. The molecule has 1 aliphatic heterocycles. The monoisotopic (exact) mass is 186 g/mol. The van der Waals surface area contributed by atoms with Gasteiger partial charge in [0, 0.05) is 26.2 Å². The second-order valence-corrected chi connectivity index (χ2v) is 3.36. The van der Waals surface area contributed by atoms with Gasteiger partial charge in [0.2, 0.25) is 0 Å². The van der Waals surface area contributed by atoms with Crippen LogP contribution in [0.15, 0.2) is 0 Å². The predicted molar refractivity (Wildman–Crippen MR) is 50.5 cm³/mol. The highest BCUT2D eigenvalue weighted by molar-refractivity contribution is 5.74. The average molecular weight is 186 g/mol. The number of nitrogens with zero attached hydrogens (tertiary/aromatic N) is 1. The summed E-state index contributed by atoms with van der Waals surface area (Å²) in [6, 6.07) is 0.0214. The Labute approximate surface area is 78.9 Å². The summed E-state index contributed by atoms with van der Waals surface area (Å²) in [7, 11) is 0. The molecule has 0 aromatic rings. The predicted octanol–water partition coefficient (Wildman–Crippen LogP) is 0.564. The van der Waals surface area contributed by atoms with Gasteiger partial charge in [-0.1, -0.05) is 0 Å². The molecule has 13 heavy (non-hydrogen) atoms. The van der Waals surface area contributed by atoms with Crippen LogP contribution in [0.1, 0.15) is 25.7 Å². The summed E-state index contributed by atoms with van der Waals surface area (Å²) in [5.41, 5.74) is 0. The molecular weight excluding hydrogens is 168 g/mol. The highest BCUT2D eigenvalue weighted by Gasteiger charge is 2.14. The van der Waals surface area contributed by atoms with Crippen molar-refractivity contribution in [2.45, 2.75) is 25.7 Å². The molecule has 0 atom stereocenters. The van der Waals surface area contributed by atoms with E-state index in [1.807, 2.05) is 4.90 Å². The zero-order valence-corrected chi connectivity index (χ0v) is 7.96.